The third kappa shape index (κ3) is 4.53. The maximum absolute atomic E-state index is 12.7. The maximum Gasteiger partial charge on any atom is 0.253 e. The number of benzene rings is 3. The van der Waals surface area contributed by atoms with Gasteiger partial charge in [-0.15, -0.1) is 0 Å². The number of carbonyl (C=O) groups excluding carboxylic acids is 2. The van der Waals surface area contributed by atoms with Crippen LogP contribution >= 0.6 is 0 Å². The fourth-order valence-corrected chi connectivity index (χ4v) is 2.92. The molecule has 0 aliphatic carbocycles. The van der Waals surface area contributed by atoms with Crippen molar-refractivity contribution in [2.45, 2.75) is 18.2 Å². The van der Waals surface area contributed by atoms with Gasteiger partial charge < -0.3 is 10.1 Å². The van der Waals surface area contributed by atoms with Gasteiger partial charge in [-0.1, -0.05) is 78.9 Å². The highest BCUT2D eigenvalue weighted by atomic mass is 16.5. The third-order valence-corrected chi connectivity index (χ3v) is 4.46. The molecule has 4 nitrogen and oxygen atoms in total. The predicted octanol–water partition coefficient (Wildman–Crippen LogP) is 4.34. The van der Waals surface area contributed by atoms with Crippen LogP contribution in [0.2, 0.25) is 0 Å². The summed E-state index contributed by atoms with van der Waals surface area (Å²) in [4.78, 5) is 24.7. The Balaban J connectivity index is 1.93. The van der Waals surface area contributed by atoms with Crippen LogP contribution < -0.4 is 5.32 Å². The van der Waals surface area contributed by atoms with E-state index in [1.165, 1.54) is 0 Å². The Hall–Kier alpha value is -3.24. The number of rotatable bonds is 8. The lowest BCUT2D eigenvalue weighted by molar-refractivity contribution is -0.141. The SMILES string of the molecule is [CH2]CC(C=O)(NC(=O)c1ccccc1)OC(c1ccccc1)c1ccccc1. The number of aldehydes is 1. The quantitative estimate of drug-likeness (QED) is 0.473. The number of hydrogen-bond acceptors (Lipinski definition) is 3. The largest absolute Gasteiger partial charge is 0.336 e. The zero-order chi connectivity index (χ0) is 19.8. The summed E-state index contributed by atoms with van der Waals surface area (Å²) in [7, 11) is 0. The molecular weight excluding hydrogens is 350 g/mol. The molecule has 3 aromatic carbocycles. The second-order valence-electron chi connectivity index (χ2n) is 6.40. The third-order valence-electron chi connectivity index (χ3n) is 4.46. The first-order valence-electron chi connectivity index (χ1n) is 9.08. The molecule has 0 saturated heterocycles. The zero-order valence-electron chi connectivity index (χ0n) is 15.5. The van der Waals surface area contributed by atoms with Gasteiger partial charge in [0.25, 0.3) is 5.91 Å². The minimum Gasteiger partial charge on any atom is -0.336 e. The summed E-state index contributed by atoms with van der Waals surface area (Å²) in [6.07, 6.45) is 0.121. The summed E-state index contributed by atoms with van der Waals surface area (Å²) in [6, 6.07) is 27.9. The van der Waals surface area contributed by atoms with Gasteiger partial charge in [0.2, 0.25) is 0 Å². The van der Waals surface area contributed by atoms with E-state index in [-0.39, 0.29) is 6.42 Å². The van der Waals surface area contributed by atoms with E-state index >= 15 is 0 Å². The van der Waals surface area contributed by atoms with Gasteiger partial charge in [0.05, 0.1) is 0 Å². The number of hydrogen-bond donors (Lipinski definition) is 1. The Kier molecular flexibility index (Phi) is 6.35. The summed E-state index contributed by atoms with van der Waals surface area (Å²) in [5.41, 5.74) is 0.648. The van der Waals surface area contributed by atoms with Crippen molar-refractivity contribution in [3.8, 4) is 0 Å². The molecule has 0 heterocycles. The molecule has 3 rings (SSSR count). The summed E-state index contributed by atoms with van der Waals surface area (Å²) >= 11 is 0. The van der Waals surface area contributed by atoms with E-state index in [0.717, 1.165) is 11.1 Å². The molecule has 4 heteroatoms. The Morgan fingerprint density at radius 1 is 0.893 bits per heavy atom. The van der Waals surface area contributed by atoms with Crippen molar-refractivity contribution in [2.24, 2.45) is 0 Å². The maximum atomic E-state index is 12.7. The molecular formula is C24H22NO3. The van der Waals surface area contributed by atoms with Gasteiger partial charge in [0.15, 0.2) is 12.0 Å². The van der Waals surface area contributed by atoms with Gasteiger partial charge in [-0.05, 0) is 30.2 Å². The topological polar surface area (TPSA) is 55.4 Å². The summed E-state index contributed by atoms with van der Waals surface area (Å²) in [5.74, 6) is -0.392. The van der Waals surface area contributed by atoms with Crippen molar-refractivity contribution in [2.75, 3.05) is 0 Å². The van der Waals surface area contributed by atoms with Crippen LogP contribution in [0.1, 0.15) is 34.0 Å². The Morgan fingerprint density at radius 3 is 1.79 bits per heavy atom. The van der Waals surface area contributed by atoms with Crippen LogP contribution in [0.15, 0.2) is 91.0 Å². The van der Waals surface area contributed by atoms with Crippen molar-refractivity contribution in [3.63, 3.8) is 0 Å². The van der Waals surface area contributed by atoms with Gasteiger partial charge in [-0.25, -0.2) is 0 Å². The predicted molar refractivity (Wildman–Crippen MR) is 108 cm³/mol. The molecule has 1 N–H and O–H groups in total. The second-order valence-corrected chi connectivity index (χ2v) is 6.40. The highest BCUT2D eigenvalue weighted by molar-refractivity contribution is 5.96. The number of ether oxygens (including phenoxy) is 1. The van der Waals surface area contributed by atoms with Crippen molar-refractivity contribution in [1.82, 2.24) is 5.32 Å². The van der Waals surface area contributed by atoms with Crippen LogP contribution in [-0.4, -0.2) is 17.9 Å². The summed E-state index contributed by atoms with van der Waals surface area (Å²) in [6.45, 7) is 3.85. The number of carbonyl (C=O) groups is 2. The zero-order valence-corrected chi connectivity index (χ0v) is 15.5. The van der Waals surface area contributed by atoms with Crippen molar-refractivity contribution in [1.29, 1.82) is 0 Å². The molecule has 0 saturated carbocycles. The van der Waals surface area contributed by atoms with E-state index in [1.807, 2.05) is 66.7 Å². The molecule has 0 aliphatic rings. The van der Waals surface area contributed by atoms with Gasteiger partial charge in [-0.3, -0.25) is 9.59 Å². The summed E-state index contributed by atoms with van der Waals surface area (Å²) < 4.78 is 6.24. The normalized spacial score (nSPS) is 12.9. The molecule has 1 amide bonds. The van der Waals surface area contributed by atoms with E-state index in [2.05, 4.69) is 12.2 Å². The van der Waals surface area contributed by atoms with Gasteiger partial charge >= 0.3 is 0 Å². The first-order valence-corrected chi connectivity index (χ1v) is 9.08. The van der Waals surface area contributed by atoms with E-state index in [4.69, 9.17) is 4.74 Å². The molecule has 1 radical (unpaired) electrons. The van der Waals surface area contributed by atoms with Gasteiger partial charge in [0.1, 0.15) is 6.10 Å². The monoisotopic (exact) mass is 372 g/mol. The highest BCUT2D eigenvalue weighted by Crippen LogP contribution is 2.30. The molecule has 1 unspecified atom stereocenters. The second kappa shape index (κ2) is 9.11. The fraction of sp³-hybridized carbons (Fsp3) is 0.125. The molecule has 0 fully saturated rings. The fourth-order valence-electron chi connectivity index (χ4n) is 2.92. The molecule has 3 aromatic rings. The minimum atomic E-state index is -1.55. The van der Waals surface area contributed by atoms with Crippen LogP contribution in [0, 0.1) is 6.92 Å². The molecule has 141 valence electrons. The molecule has 0 aromatic heterocycles. The lowest BCUT2D eigenvalue weighted by Crippen LogP contribution is -2.52. The smallest absolute Gasteiger partial charge is 0.253 e. The first kappa shape index (κ1) is 19.5. The van der Waals surface area contributed by atoms with E-state index in [1.54, 1.807) is 24.3 Å². The molecule has 0 spiro atoms. The molecule has 1 atom stereocenters. The number of amides is 1. The Morgan fingerprint density at radius 2 is 1.36 bits per heavy atom. The average molecular weight is 372 g/mol. The lowest BCUT2D eigenvalue weighted by atomic mass is 10.0. The van der Waals surface area contributed by atoms with Crippen molar-refractivity contribution < 1.29 is 14.3 Å². The summed E-state index contributed by atoms with van der Waals surface area (Å²) in [5, 5.41) is 2.72. The first-order chi connectivity index (χ1) is 13.7. The van der Waals surface area contributed by atoms with Crippen LogP contribution in [0.4, 0.5) is 0 Å². The van der Waals surface area contributed by atoms with E-state index < -0.39 is 17.7 Å². The van der Waals surface area contributed by atoms with Crippen molar-refractivity contribution >= 4 is 12.2 Å². The highest BCUT2D eigenvalue weighted by Gasteiger charge is 2.35. The molecule has 0 aliphatic heterocycles. The van der Waals surface area contributed by atoms with Crippen LogP contribution in [0.5, 0.6) is 0 Å². The Labute approximate surface area is 165 Å². The van der Waals surface area contributed by atoms with E-state index in [9.17, 15) is 9.59 Å². The number of nitrogens with one attached hydrogen (secondary N) is 1. The van der Waals surface area contributed by atoms with Gasteiger partial charge in [-0.2, -0.15) is 0 Å². The van der Waals surface area contributed by atoms with Crippen LogP contribution in [-0.2, 0) is 9.53 Å². The Bertz CT molecular complexity index is 857. The molecule has 28 heavy (non-hydrogen) atoms. The van der Waals surface area contributed by atoms with Gasteiger partial charge in [0, 0.05) is 12.0 Å². The van der Waals surface area contributed by atoms with E-state index in [0.29, 0.717) is 11.8 Å². The lowest BCUT2D eigenvalue weighted by Gasteiger charge is -2.33. The standard InChI is InChI=1S/C24H22NO3/c1-2-24(18-26,25-23(27)21-16-10-5-11-17-21)28-22(19-12-6-3-7-13-19)20-14-8-4-9-15-20/h3-18,22H,1-2H2,(H,25,27). The van der Waals surface area contributed by atoms with Crippen LogP contribution in [0.3, 0.4) is 0 Å². The van der Waals surface area contributed by atoms with Crippen LogP contribution in [0.25, 0.3) is 0 Å². The molecule has 0 bridgehead atoms. The van der Waals surface area contributed by atoms with Crippen molar-refractivity contribution in [3.05, 3.63) is 115 Å². The average Bonchev–Trinajstić information content (AvgIpc) is 2.78. The minimum absolute atomic E-state index is 0.0469.